The van der Waals surface area contributed by atoms with E-state index in [0.29, 0.717) is 5.69 Å². The summed E-state index contributed by atoms with van der Waals surface area (Å²) < 4.78 is 0. The molecule has 0 radical (unpaired) electrons. The fourth-order valence-electron chi connectivity index (χ4n) is 2.82. The van der Waals surface area contributed by atoms with Crippen molar-refractivity contribution in [2.75, 3.05) is 5.32 Å². The van der Waals surface area contributed by atoms with Gasteiger partial charge in [0.25, 0.3) is 0 Å². The van der Waals surface area contributed by atoms with Crippen LogP contribution in [0.4, 0.5) is 5.69 Å². The number of amides is 2. The molecule has 0 spiro atoms. The molecule has 1 aromatic carbocycles. The second kappa shape index (κ2) is 8.57. The Morgan fingerprint density at radius 2 is 1.73 bits per heavy atom. The first-order valence-corrected chi connectivity index (χ1v) is 8.40. The molecule has 4 heteroatoms. The molecule has 1 aliphatic rings. The quantitative estimate of drug-likeness (QED) is 0.819. The Hall–Kier alpha value is -1.84. The average molecular weight is 302 g/mol. The van der Waals surface area contributed by atoms with Gasteiger partial charge < -0.3 is 10.6 Å². The van der Waals surface area contributed by atoms with E-state index in [9.17, 15) is 9.59 Å². The Kier molecular flexibility index (Phi) is 6.44. The van der Waals surface area contributed by atoms with Crippen molar-refractivity contribution in [3.05, 3.63) is 29.8 Å². The number of carbonyl (C=O) groups is 2. The molecule has 0 heterocycles. The van der Waals surface area contributed by atoms with Crippen LogP contribution in [0.2, 0.25) is 0 Å². The maximum atomic E-state index is 11.9. The molecular weight excluding hydrogens is 276 g/mol. The van der Waals surface area contributed by atoms with Crippen LogP contribution in [0.5, 0.6) is 0 Å². The lowest BCUT2D eigenvalue weighted by molar-refractivity contribution is -0.136. The lowest BCUT2D eigenvalue weighted by Crippen LogP contribution is -2.42. The molecule has 22 heavy (non-hydrogen) atoms. The van der Waals surface area contributed by atoms with Gasteiger partial charge in [0, 0.05) is 11.7 Å². The Balaban J connectivity index is 1.81. The van der Waals surface area contributed by atoms with Crippen LogP contribution >= 0.6 is 0 Å². The topological polar surface area (TPSA) is 58.2 Å². The van der Waals surface area contributed by atoms with Crippen molar-refractivity contribution in [2.45, 2.75) is 64.3 Å². The van der Waals surface area contributed by atoms with Crippen molar-refractivity contribution in [3.8, 4) is 0 Å². The Bertz CT molecular complexity index is 490. The van der Waals surface area contributed by atoms with Crippen molar-refractivity contribution < 1.29 is 9.59 Å². The third-order valence-electron chi connectivity index (χ3n) is 4.18. The van der Waals surface area contributed by atoms with Crippen LogP contribution in [0.25, 0.3) is 0 Å². The summed E-state index contributed by atoms with van der Waals surface area (Å²) in [5.74, 6) is -1.10. The summed E-state index contributed by atoms with van der Waals surface area (Å²) in [5, 5.41) is 5.49. The summed E-state index contributed by atoms with van der Waals surface area (Å²) >= 11 is 0. The number of rotatable bonds is 5. The summed E-state index contributed by atoms with van der Waals surface area (Å²) in [4.78, 5) is 23.8. The van der Waals surface area contributed by atoms with Gasteiger partial charge in [-0.15, -0.1) is 0 Å². The van der Waals surface area contributed by atoms with Gasteiger partial charge in [-0.2, -0.15) is 0 Å². The van der Waals surface area contributed by atoms with Crippen LogP contribution < -0.4 is 10.6 Å². The van der Waals surface area contributed by atoms with E-state index in [2.05, 4.69) is 17.6 Å². The SMILES string of the molecule is CCCCc1ccc(NC(=O)C(=O)NC2CCCCC2)cc1. The number of nitrogens with one attached hydrogen (secondary N) is 2. The lowest BCUT2D eigenvalue weighted by Gasteiger charge is -2.22. The Labute approximate surface area is 132 Å². The number of hydrogen-bond donors (Lipinski definition) is 2. The molecule has 1 saturated carbocycles. The molecule has 1 fully saturated rings. The molecular formula is C18H26N2O2. The molecule has 0 bridgehead atoms. The zero-order chi connectivity index (χ0) is 15.8. The molecule has 120 valence electrons. The fourth-order valence-corrected chi connectivity index (χ4v) is 2.82. The summed E-state index contributed by atoms with van der Waals surface area (Å²) in [7, 11) is 0. The predicted molar refractivity (Wildman–Crippen MR) is 88.7 cm³/mol. The van der Waals surface area contributed by atoms with E-state index < -0.39 is 11.8 Å². The van der Waals surface area contributed by atoms with Crippen molar-refractivity contribution in [3.63, 3.8) is 0 Å². The molecule has 2 amide bonds. The molecule has 1 aliphatic carbocycles. The average Bonchev–Trinajstić information content (AvgIpc) is 2.55. The number of unbranched alkanes of at least 4 members (excludes halogenated alkanes) is 1. The number of anilines is 1. The number of carbonyl (C=O) groups excluding carboxylic acids is 2. The number of benzene rings is 1. The monoisotopic (exact) mass is 302 g/mol. The summed E-state index contributed by atoms with van der Waals surface area (Å²) in [6.07, 6.45) is 8.82. The largest absolute Gasteiger partial charge is 0.345 e. The van der Waals surface area contributed by atoms with Gasteiger partial charge in [0.15, 0.2) is 0 Å². The van der Waals surface area contributed by atoms with E-state index in [4.69, 9.17) is 0 Å². The second-order valence-corrected chi connectivity index (χ2v) is 6.06. The number of hydrogen-bond acceptors (Lipinski definition) is 2. The lowest BCUT2D eigenvalue weighted by atomic mass is 9.95. The Morgan fingerprint density at radius 3 is 2.36 bits per heavy atom. The molecule has 0 unspecified atom stereocenters. The van der Waals surface area contributed by atoms with Crippen LogP contribution in [-0.4, -0.2) is 17.9 Å². The smallest absolute Gasteiger partial charge is 0.313 e. The standard InChI is InChI=1S/C18H26N2O2/c1-2-3-7-14-10-12-16(13-11-14)20-18(22)17(21)19-15-8-5-4-6-9-15/h10-13,15H,2-9H2,1H3,(H,19,21)(H,20,22). The predicted octanol–water partition coefficient (Wildman–Crippen LogP) is 3.42. The van der Waals surface area contributed by atoms with Gasteiger partial charge in [-0.05, 0) is 43.4 Å². The van der Waals surface area contributed by atoms with Gasteiger partial charge in [0.1, 0.15) is 0 Å². The highest BCUT2D eigenvalue weighted by Crippen LogP contribution is 2.17. The minimum atomic E-state index is -0.577. The van der Waals surface area contributed by atoms with Crippen LogP contribution in [-0.2, 0) is 16.0 Å². The van der Waals surface area contributed by atoms with Crippen molar-refractivity contribution >= 4 is 17.5 Å². The van der Waals surface area contributed by atoms with Crippen LogP contribution in [0.3, 0.4) is 0 Å². The molecule has 1 aromatic rings. The first-order valence-electron chi connectivity index (χ1n) is 8.40. The van der Waals surface area contributed by atoms with E-state index in [-0.39, 0.29) is 6.04 Å². The van der Waals surface area contributed by atoms with E-state index in [0.717, 1.165) is 38.5 Å². The highest BCUT2D eigenvalue weighted by atomic mass is 16.2. The zero-order valence-corrected chi connectivity index (χ0v) is 13.4. The van der Waals surface area contributed by atoms with Gasteiger partial charge in [0.2, 0.25) is 0 Å². The molecule has 0 aliphatic heterocycles. The molecule has 2 N–H and O–H groups in total. The maximum Gasteiger partial charge on any atom is 0.313 e. The van der Waals surface area contributed by atoms with E-state index in [1.807, 2.05) is 24.3 Å². The van der Waals surface area contributed by atoms with Crippen LogP contribution in [0, 0.1) is 0 Å². The normalized spacial score (nSPS) is 15.3. The van der Waals surface area contributed by atoms with Gasteiger partial charge in [0.05, 0.1) is 0 Å². The Morgan fingerprint density at radius 1 is 1.05 bits per heavy atom. The van der Waals surface area contributed by atoms with Gasteiger partial charge in [-0.1, -0.05) is 44.7 Å². The third-order valence-corrected chi connectivity index (χ3v) is 4.18. The number of aryl methyl sites for hydroxylation is 1. The molecule has 0 saturated heterocycles. The van der Waals surface area contributed by atoms with Gasteiger partial charge >= 0.3 is 11.8 Å². The molecule has 0 atom stereocenters. The summed E-state index contributed by atoms with van der Waals surface area (Å²) in [5.41, 5.74) is 1.93. The van der Waals surface area contributed by atoms with E-state index >= 15 is 0 Å². The highest BCUT2D eigenvalue weighted by molar-refractivity contribution is 6.39. The first-order chi connectivity index (χ1) is 10.7. The highest BCUT2D eigenvalue weighted by Gasteiger charge is 2.20. The summed E-state index contributed by atoms with van der Waals surface area (Å²) in [6.45, 7) is 2.17. The molecule has 2 rings (SSSR count). The van der Waals surface area contributed by atoms with Crippen LogP contribution in [0.15, 0.2) is 24.3 Å². The second-order valence-electron chi connectivity index (χ2n) is 6.06. The first kappa shape index (κ1) is 16.5. The minimum absolute atomic E-state index is 0.156. The summed E-state index contributed by atoms with van der Waals surface area (Å²) in [6, 6.07) is 7.88. The fraction of sp³-hybridized carbons (Fsp3) is 0.556. The van der Waals surface area contributed by atoms with Gasteiger partial charge in [-0.25, -0.2) is 0 Å². The molecule has 0 aromatic heterocycles. The minimum Gasteiger partial charge on any atom is -0.345 e. The van der Waals surface area contributed by atoms with E-state index in [1.54, 1.807) is 0 Å². The van der Waals surface area contributed by atoms with Crippen LogP contribution in [0.1, 0.15) is 57.4 Å². The van der Waals surface area contributed by atoms with Gasteiger partial charge in [-0.3, -0.25) is 9.59 Å². The van der Waals surface area contributed by atoms with Crippen molar-refractivity contribution in [1.82, 2.24) is 5.32 Å². The van der Waals surface area contributed by atoms with E-state index in [1.165, 1.54) is 18.4 Å². The third kappa shape index (κ3) is 5.17. The molecule has 4 nitrogen and oxygen atoms in total. The maximum absolute atomic E-state index is 11.9. The van der Waals surface area contributed by atoms with Crippen molar-refractivity contribution in [2.24, 2.45) is 0 Å². The van der Waals surface area contributed by atoms with Crippen molar-refractivity contribution in [1.29, 1.82) is 0 Å². The zero-order valence-electron chi connectivity index (χ0n) is 13.4.